The molecule has 0 amide bonds. The lowest BCUT2D eigenvalue weighted by Crippen LogP contribution is -2.12. The number of aliphatic hydroxyl groups is 1. The van der Waals surface area contributed by atoms with Crippen LogP contribution in [0.15, 0.2) is 18.2 Å². The maximum Gasteiger partial charge on any atom is 0.0580 e. The fourth-order valence-electron chi connectivity index (χ4n) is 3.29. The number of aryl methyl sites for hydroxylation is 2. The zero-order valence-corrected chi connectivity index (χ0v) is 11.8. The fourth-order valence-corrected chi connectivity index (χ4v) is 3.29. The number of hydrogen-bond donors (Lipinski definition) is 1. The Labute approximate surface area is 111 Å². The third kappa shape index (κ3) is 4.13. The van der Waals surface area contributed by atoms with Crippen molar-refractivity contribution in [1.82, 2.24) is 0 Å². The van der Waals surface area contributed by atoms with Crippen molar-refractivity contribution in [3.05, 3.63) is 34.9 Å². The number of rotatable bonds is 5. The Balaban J connectivity index is 1.80. The molecule has 0 saturated heterocycles. The van der Waals surface area contributed by atoms with Gasteiger partial charge in [-0.05, 0) is 44.6 Å². The molecular formula is C17H26O. The summed E-state index contributed by atoms with van der Waals surface area (Å²) < 4.78 is 0. The fraction of sp³-hybridized carbons (Fsp3) is 0.647. The van der Waals surface area contributed by atoms with Crippen LogP contribution in [0.25, 0.3) is 0 Å². The molecule has 0 aromatic heterocycles. The molecule has 0 radical (unpaired) electrons. The average molecular weight is 246 g/mol. The zero-order chi connectivity index (χ0) is 13.0. The molecule has 1 aliphatic rings. The number of hydrogen-bond acceptors (Lipinski definition) is 1. The van der Waals surface area contributed by atoms with Gasteiger partial charge in [-0.15, -0.1) is 0 Å². The Morgan fingerprint density at radius 2 is 1.72 bits per heavy atom. The number of aliphatic hydroxyl groups excluding tert-OH is 1. The molecule has 100 valence electrons. The van der Waals surface area contributed by atoms with Crippen molar-refractivity contribution < 1.29 is 5.11 Å². The quantitative estimate of drug-likeness (QED) is 0.826. The molecule has 1 heteroatoms. The molecule has 1 aromatic rings. The maximum absolute atomic E-state index is 10.1. The summed E-state index contributed by atoms with van der Waals surface area (Å²) in [7, 11) is 0. The molecule has 1 unspecified atom stereocenters. The second-order valence-corrected chi connectivity index (χ2v) is 6.08. The van der Waals surface area contributed by atoms with Crippen molar-refractivity contribution in [3.8, 4) is 0 Å². The Kier molecular flexibility index (Phi) is 4.82. The number of benzene rings is 1. The van der Waals surface area contributed by atoms with E-state index in [4.69, 9.17) is 0 Å². The zero-order valence-electron chi connectivity index (χ0n) is 11.8. The summed E-state index contributed by atoms with van der Waals surface area (Å²) >= 11 is 0. The van der Waals surface area contributed by atoms with E-state index in [1.165, 1.54) is 48.8 Å². The van der Waals surface area contributed by atoms with E-state index in [2.05, 4.69) is 32.0 Å². The van der Waals surface area contributed by atoms with E-state index in [0.717, 1.165) is 18.8 Å². The van der Waals surface area contributed by atoms with Gasteiger partial charge in [0, 0.05) is 0 Å². The molecule has 1 fully saturated rings. The normalized spacial score (nSPS) is 18.2. The average Bonchev–Trinajstić information content (AvgIpc) is 2.77. The van der Waals surface area contributed by atoms with Gasteiger partial charge in [-0.1, -0.05) is 55.0 Å². The van der Waals surface area contributed by atoms with Crippen molar-refractivity contribution in [2.24, 2.45) is 5.92 Å². The Morgan fingerprint density at radius 1 is 1.11 bits per heavy atom. The summed E-state index contributed by atoms with van der Waals surface area (Å²) in [5.74, 6) is 0.888. The summed E-state index contributed by atoms with van der Waals surface area (Å²) in [5.41, 5.74) is 3.88. The van der Waals surface area contributed by atoms with E-state index in [1.54, 1.807) is 0 Å². The lowest BCUT2D eigenvalue weighted by Gasteiger charge is -2.14. The molecule has 0 heterocycles. The monoisotopic (exact) mass is 246 g/mol. The minimum Gasteiger partial charge on any atom is -0.393 e. The molecule has 18 heavy (non-hydrogen) atoms. The van der Waals surface area contributed by atoms with Gasteiger partial charge in [0.05, 0.1) is 6.10 Å². The van der Waals surface area contributed by atoms with Gasteiger partial charge in [-0.3, -0.25) is 0 Å². The lowest BCUT2D eigenvalue weighted by molar-refractivity contribution is 0.155. The molecule has 2 rings (SSSR count). The van der Waals surface area contributed by atoms with Crippen LogP contribution in [0.1, 0.15) is 55.2 Å². The first kappa shape index (κ1) is 13.6. The van der Waals surface area contributed by atoms with Crippen LogP contribution in [0.5, 0.6) is 0 Å². The Hall–Kier alpha value is -0.820. The standard InChI is InChI=1S/C17H26O/c1-13-9-14(2)11-16(10-13)12-17(18)8-7-15-5-3-4-6-15/h9-11,15,17-18H,3-8,12H2,1-2H3. The van der Waals surface area contributed by atoms with Crippen LogP contribution in [0, 0.1) is 19.8 Å². The summed E-state index contributed by atoms with van der Waals surface area (Å²) in [6, 6.07) is 6.59. The van der Waals surface area contributed by atoms with Crippen molar-refractivity contribution in [1.29, 1.82) is 0 Å². The minimum atomic E-state index is -0.160. The molecule has 1 atom stereocenters. The van der Waals surface area contributed by atoms with Crippen molar-refractivity contribution in [2.45, 2.75) is 64.9 Å². The van der Waals surface area contributed by atoms with Gasteiger partial charge < -0.3 is 5.11 Å². The second kappa shape index (κ2) is 6.38. The van der Waals surface area contributed by atoms with Gasteiger partial charge in [-0.2, -0.15) is 0 Å². The van der Waals surface area contributed by atoms with Crippen molar-refractivity contribution in [2.75, 3.05) is 0 Å². The first-order valence-corrected chi connectivity index (χ1v) is 7.39. The minimum absolute atomic E-state index is 0.160. The molecule has 0 aliphatic heterocycles. The predicted molar refractivity (Wildman–Crippen MR) is 76.8 cm³/mol. The Bertz CT molecular complexity index is 357. The smallest absolute Gasteiger partial charge is 0.0580 e. The summed E-state index contributed by atoms with van der Waals surface area (Å²) in [5, 5.41) is 10.1. The highest BCUT2D eigenvalue weighted by atomic mass is 16.3. The van der Waals surface area contributed by atoms with E-state index in [9.17, 15) is 5.11 Å². The van der Waals surface area contributed by atoms with E-state index in [0.29, 0.717) is 0 Å². The topological polar surface area (TPSA) is 20.2 Å². The molecule has 1 nitrogen and oxygen atoms in total. The highest BCUT2D eigenvalue weighted by Crippen LogP contribution is 2.29. The Morgan fingerprint density at radius 3 is 2.33 bits per heavy atom. The molecule has 1 aliphatic carbocycles. The van der Waals surface area contributed by atoms with Crippen molar-refractivity contribution >= 4 is 0 Å². The first-order valence-electron chi connectivity index (χ1n) is 7.39. The highest BCUT2D eigenvalue weighted by Gasteiger charge is 2.16. The van der Waals surface area contributed by atoms with E-state index < -0.39 is 0 Å². The first-order chi connectivity index (χ1) is 8.63. The molecule has 1 N–H and O–H groups in total. The molecule has 0 bridgehead atoms. The van der Waals surface area contributed by atoms with Crippen molar-refractivity contribution in [3.63, 3.8) is 0 Å². The third-order valence-corrected chi connectivity index (χ3v) is 4.14. The molecule has 0 spiro atoms. The predicted octanol–water partition coefficient (Wildman–Crippen LogP) is 4.18. The third-order valence-electron chi connectivity index (χ3n) is 4.14. The van der Waals surface area contributed by atoms with Gasteiger partial charge >= 0.3 is 0 Å². The van der Waals surface area contributed by atoms with Crippen LogP contribution in [0.4, 0.5) is 0 Å². The van der Waals surface area contributed by atoms with E-state index in [1.807, 2.05) is 0 Å². The van der Waals surface area contributed by atoms with E-state index in [-0.39, 0.29) is 6.10 Å². The van der Waals surface area contributed by atoms with Gasteiger partial charge in [0.15, 0.2) is 0 Å². The van der Waals surface area contributed by atoms with Gasteiger partial charge in [-0.25, -0.2) is 0 Å². The van der Waals surface area contributed by atoms with Crippen LogP contribution in [0.2, 0.25) is 0 Å². The summed E-state index contributed by atoms with van der Waals surface area (Å²) in [6.07, 6.45) is 8.41. The van der Waals surface area contributed by atoms with Gasteiger partial charge in [0.25, 0.3) is 0 Å². The summed E-state index contributed by atoms with van der Waals surface area (Å²) in [4.78, 5) is 0. The van der Waals surface area contributed by atoms with Crippen LogP contribution in [-0.2, 0) is 6.42 Å². The van der Waals surface area contributed by atoms with Crippen LogP contribution in [0.3, 0.4) is 0 Å². The molecule has 1 aromatic carbocycles. The molecular weight excluding hydrogens is 220 g/mol. The molecule has 1 saturated carbocycles. The summed E-state index contributed by atoms with van der Waals surface area (Å²) in [6.45, 7) is 4.25. The van der Waals surface area contributed by atoms with Crippen LogP contribution >= 0.6 is 0 Å². The largest absolute Gasteiger partial charge is 0.393 e. The van der Waals surface area contributed by atoms with E-state index >= 15 is 0 Å². The second-order valence-electron chi connectivity index (χ2n) is 6.08. The lowest BCUT2D eigenvalue weighted by atomic mass is 9.95. The van der Waals surface area contributed by atoms with Gasteiger partial charge in [0.1, 0.15) is 0 Å². The van der Waals surface area contributed by atoms with Gasteiger partial charge in [0.2, 0.25) is 0 Å². The van der Waals surface area contributed by atoms with Crippen LogP contribution < -0.4 is 0 Å². The highest BCUT2D eigenvalue weighted by molar-refractivity contribution is 5.28. The van der Waals surface area contributed by atoms with Crippen LogP contribution in [-0.4, -0.2) is 11.2 Å². The SMILES string of the molecule is Cc1cc(C)cc(CC(O)CCC2CCCC2)c1. The maximum atomic E-state index is 10.1.